The van der Waals surface area contributed by atoms with Gasteiger partial charge in [-0.15, -0.1) is 24.0 Å². The van der Waals surface area contributed by atoms with Crippen molar-refractivity contribution in [1.29, 1.82) is 0 Å². The van der Waals surface area contributed by atoms with Crippen LogP contribution in [-0.4, -0.2) is 45.0 Å². The van der Waals surface area contributed by atoms with E-state index in [0.29, 0.717) is 30.9 Å². The van der Waals surface area contributed by atoms with E-state index in [-0.39, 0.29) is 30.6 Å². The van der Waals surface area contributed by atoms with Gasteiger partial charge in [0.2, 0.25) is 0 Å². The molecule has 8 heteroatoms. The third-order valence-corrected chi connectivity index (χ3v) is 2.81. The van der Waals surface area contributed by atoms with Crippen LogP contribution in [0.3, 0.4) is 0 Å². The van der Waals surface area contributed by atoms with Gasteiger partial charge >= 0.3 is 6.18 Å². The molecule has 0 saturated carbocycles. The maximum absolute atomic E-state index is 11.9. The molecular formula is C14H29F3IN3O. The van der Waals surface area contributed by atoms with Crippen LogP contribution in [0.1, 0.15) is 40.0 Å². The van der Waals surface area contributed by atoms with Crippen molar-refractivity contribution in [3.8, 4) is 0 Å². The van der Waals surface area contributed by atoms with Gasteiger partial charge in [0.05, 0.1) is 0 Å². The molecule has 2 N–H and O–H groups in total. The Morgan fingerprint density at radius 3 is 2.32 bits per heavy atom. The summed E-state index contributed by atoms with van der Waals surface area (Å²) in [6.07, 6.45) is -1.57. The Morgan fingerprint density at radius 2 is 1.82 bits per heavy atom. The molecule has 0 aliphatic rings. The summed E-state index contributed by atoms with van der Waals surface area (Å²) in [5, 5.41) is 6.32. The second kappa shape index (κ2) is 13.2. The van der Waals surface area contributed by atoms with Crippen molar-refractivity contribution in [1.82, 2.24) is 10.6 Å². The van der Waals surface area contributed by atoms with Crippen molar-refractivity contribution in [3.05, 3.63) is 0 Å². The molecule has 0 amide bonds. The van der Waals surface area contributed by atoms with Gasteiger partial charge in [-0.3, -0.25) is 4.99 Å². The quantitative estimate of drug-likeness (QED) is 0.250. The molecule has 0 aromatic heterocycles. The molecule has 0 fully saturated rings. The molecule has 1 unspecified atom stereocenters. The minimum Gasteiger partial charge on any atom is -0.372 e. The Hall–Kier alpha value is -0.250. The van der Waals surface area contributed by atoms with Gasteiger partial charge in [0, 0.05) is 26.2 Å². The van der Waals surface area contributed by atoms with Crippen molar-refractivity contribution < 1.29 is 17.9 Å². The summed E-state index contributed by atoms with van der Waals surface area (Å²) in [5.74, 6) is 1.33. The van der Waals surface area contributed by atoms with E-state index in [0.717, 1.165) is 12.8 Å². The highest BCUT2D eigenvalue weighted by Gasteiger charge is 2.27. The number of alkyl halides is 3. The fourth-order valence-electron chi connectivity index (χ4n) is 1.65. The van der Waals surface area contributed by atoms with Gasteiger partial charge in [0.1, 0.15) is 6.61 Å². The number of hydrogen-bond acceptors (Lipinski definition) is 2. The zero-order valence-electron chi connectivity index (χ0n) is 13.8. The van der Waals surface area contributed by atoms with E-state index >= 15 is 0 Å². The van der Waals surface area contributed by atoms with E-state index in [2.05, 4.69) is 41.1 Å². The molecule has 0 heterocycles. The van der Waals surface area contributed by atoms with Crippen LogP contribution in [0.2, 0.25) is 0 Å². The number of guanidine groups is 1. The Morgan fingerprint density at radius 1 is 1.18 bits per heavy atom. The third kappa shape index (κ3) is 16.1. The van der Waals surface area contributed by atoms with Crippen molar-refractivity contribution in [2.75, 3.05) is 26.8 Å². The molecule has 0 aromatic carbocycles. The molecule has 134 valence electrons. The number of hydrogen-bond donors (Lipinski definition) is 2. The van der Waals surface area contributed by atoms with Crippen LogP contribution < -0.4 is 10.6 Å². The zero-order chi connectivity index (χ0) is 16.3. The van der Waals surface area contributed by atoms with Gasteiger partial charge < -0.3 is 15.4 Å². The Bertz CT molecular complexity index is 300. The molecule has 0 radical (unpaired) electrons. The van der Waals surface area contributed by atoms with Gasteiger partial charge in [-0.2, -0.15) is 13.2 Å². The normalized spacial score (nSPS) is 13.7. The highest BCUT2D eigenvalue weighted by molar-refractivity contribution is 14.0. The Labute approximate surface area is 148 Å². The fraction of sp³-hybridized carbons (Fsp3) is 0.929. The lowest BCUT2D eigenvalue weighted by molar-refractivity contribution is -0.173. The number of halogens is 4. The first-order valence-electron chi connectivity index (χ1n) is 7.36. The average Bonchev–Trinajstić information content (AvgIpc) is 2.37. The summed E-state index contributed by atoms with van der Waals surface area (Å²) in [6.45, 7) is 5.86. The molecule has 0 bridgehead atoms. The van der Waals surface area contributed by atoms with Gasteiger partial charge in [0.25, 0.3) is 0 Å². The summed E-state index contributed by atoms with van der Waals surface area (Å²) in [7, 11) is 1.67. The summed E-state index contributed by atoms with van der Waals surface area (Å²) in [6, 6.07) is 0.306. The van der Waals surface area contributed by atoms with Crippen molar-refractivity contribution in [2.24, 2.45) is 10.9 Å². The summed E-state index contributed by atoms with van der Waals surface area (Å²) in [4.78, 5) is 4.09. The van der Waals surface area contributed by atoms with E-state index in [1.165, 1.54) is 0 Å². The van der Waals surface area contributed by atoms with Gasteiger partial charge in [-0.05, 0) is 32.1 Å². The zero-order valence-corrected chi connectivity index (χ0v) is 16.1. The van der Waals surface area contributed by atoms with Gasteiger partial charge in [-0.25, -0.2) is 0 Å². The maximum atomic E-state index is 11.9. The first-order valence-corrected chi connectivity index (χ1v) is 7.36. The first kappa shape index (κ1) is 24.0. The SMILES string of the molecule is CN=C(NCCCOCC(F)(F)F)NC(C)CCC(C)C.I. The van der Waals surface area contributed by atoms with Crippen LogP contribution in [0.15, 0.2) is 4.99 Å². The summed E-state index contributed by atoms with van der Waals surface area (Å²) >= 11 is 0. The molecule has 0 aliphatic carbocycles. The molecule has 4 nitrogen and oxygen atoms in total. The smallest absolute Gasteiger partial charge is 0.372 e. The first-order chi connectivity index (χ1) is 9.74. The van der Waals surface area contributed by atoms with Crippen LogP contribution in [0.5, 0.6) is 0 Å². The molecular weight excluding hydrogens is 410 g/mol. The summed E-state index contributed by atoms with van der Waals surface area (Å²) < 4.78 is 40.1. The Balaban J connectivity index is 0. The minimum atomic E-state index is -4.25. The van der Waals surface area contributed by atoms with Crippen LogP contribution in [0.4, 0.5) is 13.2 Å². The van der Waals surface area contributed by atoms with Crippen molar-refractivity contribution >= 4 is 29.9 Å². The van der Waals surface area contributed by atoms with Gasteiger partial charge in [0.15, 0.2) is 5.96 Å². The second-order valence-electron chi connectivity index (χ2n) is 5.54. The lowest BCUT2D eigenvalue weighted by Gasteiger charge is -2.18. The number of rotatable bonds is 9. The minimum absolute atomic E-state index is 0. The van der Waals surface area contributed by atoms with E-state index in [1.807, 2.05) is 0 Å². The highest BCUT2D eigenvalue weighted by atomic mass is 127. The van der Waals surface area contributed by atoms with E-state index in [1.54, 1.807) is 7.05 Å². The predicted octanol–water partition coefficient (Wildman–Crippen LogP) is 3.56. The number of nitrogens with one attached hydrogen (secondary N) is 2. The largest absolute Gasteiger partial charge is 0.411 e. The summed E-state index contributed by atoms with van der Waals surface area (Å²) in [5.41, 5.74) is 0. The molecule has 0 rings (SSSR count). The lowest BCUT2D eigenvalue weighted by Crippen LogP contribution is -2.42. The van der Waals surface area contributed by atoms with Crippen LogP contribution >= 0.6 is 24.0 Å². The van der Waals surface area contributed by atoms with Crippen LogP contribution in [-0.2, 0) is 4.74 Å². The van der Waals surface area contributed by atoms with Crippen LogP contribution in [0, 0.1) is 5.92 Å². The lowest BCUT2D eigenvalue weighted by atomic mass is 10.0. The highest BCUT2D eigenvalue weighted by Crippen LogP contribution is 2.14. The maximum Gasteiger partial charge on any atom is 0.411 e. The Kier molecular flexibility index (Phi) is 14.4. The van der Waals surface area contributed by atoms with E-state index in [4.69, 9.17) is 0 Å². The molecule has 0 spiro atoms. The van der Waals surface area contributed by atoms with Crippen molar-refractivity contribution in [3.63, 3.8) is 0 Å². The second-order valence-corrected chi connectivity index (χ2v) is 5.54. The average molecular weight is 439 g/mol. The van der Waals surface area contributed by atoms with Gasteiger partial charge in [-0.1, -0.05) is 13.8 Å². The molecule has 0 aromatic rings. The molecule has 0 saturated heterocycles. The standard InChI is InChI=1S/C14H28F3N3O.HI/c1-11(2)6-7-12(3)20-13(18-4)19-8-5-9-21-10-14(15,16)17;/h11-12H,5-10H2,1-4H3,(H2,18,19,20);1H. The number of ether oxygens (including phenoxy) is 1. The van der Waals surface area contributed by atoms with E-state index < -0.39 is 12.8 Å². The topological polar surface area (TPSA) is 45.7 Å². The predicted molar refractivity (Wildman–Crippen MR) is 94.9 cm³/mol. The van der Waals surface area contributed by atoms with Crippen LogP contribution in [0.25, 0.3) is 0 Å². The monoisotopic (exact) mass is 439 g/mol. The number of aliphatic imine (C=N–C) groups is 1. The molecule has 0 aliphatic heterocycles. The molecule has 1 atom stereocenters. The number of nitrogens with zero attached hydrogens (tertiary/aromatic N) is 1. The van der Waals surface area contributed by atoms with Crippen molar-refractivity contribution in [2.45, 2.75) is 52.3 Å². The third-order valence-electron chi connectivity index (χ3n) is 2.81. The molecule has 22 heavy (non-hydrogen) atoms. The fourth-order valence-corrected chi connectivity index (χ4v) is 1.65. The van der Waals surface area contributed by atoms with E-state index in [9.17, 15) is 13.2 Å².